The Morgan fingerprint density at radius 3 is 1.45 bits per heavy atom. The van der Waals surface area contributed by atoms with Crippen LogP contribution in [0, 0.1) is 0 Å². The molecule has 11 heavy (non-hydrogen) atoms. The molecule has 5 heteroatoms. The zero-order chi connectivity index (χ0) is 7.82. The van der Waals surface area contributed by atoms with Crippen molar-refractivity contribution in [2.24, 2.45) is 0 Å². The molecule has 0 atom stereocenters. The normalized spacial score (nSPS) is 6.64. The Labute approximate surface area is 70.7 Å². The molecule has 0 saturated heterocycles. The smallest absolute Gasteiger partial charge is 0.300 e. The lowest BCUT2D eigenvalue weighted by atomic mass is 10.8. The van der Waals surface area contributed by atoms with Crippen LogP contribution in [0.3, 0.4) is 0 Å². The molecule has 0 spiro atoms. The monoisotopic (exact) mass is 176 g/mol. The van der Waals surface area contributed by atoms with Crippen molar-refractivity contribution >= 4 is 18.4 Å². The third kappa shape index (κ3) is 17.7. The topological polar surface area (TPSA) is 63.1 Å². The number of carboxylic acids is 1. The lowest BCUT2D eigenvalue weighted by molar-refractivity contribution is -0.134. The summed E-state index contributed by atoms with van der Waals surface area (Å²) >= 11 is 0. The predicted octanol–water partition coefficient (Wildman–Crippen LogP) is 0.989. The predicted molar refractivity (Wildman–Crippen MR) is 42.6 cm³/mol. The van der Waals surface area contributed by atoms with E-state index in [9.17, 15) is 0 Å². The van der Waals surface area contributed by atoms with Gasteiger partial charge in [0, 0.05) is 31.7 Å². The van der Waals surface area contributed by atoms with E-state index in [0.29, 0.717) is 0 Å². The Hall–Kier alpha value is -1.16. The Balaban J connectivity index is 0. The molecular weight excluding hydrogens is 168 g/mol. The van der Waals surface area contributed by atoms with Crippen LogP contribution in [0.25, 0.3) is 0 Å². The Morgan fingerprint density at radius 2 is 1.36 bits per heavy atom. The van der Waals surface area contributed by atoms with Gasteiger partial charge < -0.3 is 5.11 Å². The summed E-state index contributed by atoms with van der Waals surface area (Å²) in [5, 5.41) is 7.42. The van der Waals surface area contributed by atoms with Gasteiger partial charge in [-0.3, -0.25) is 14.8 Å². The Kier molecular flexibility index (Phi) is 10.1. The average molecular weight is 177 g/mol. The minimum absolute atomic E-state index is 0. The molecule has 1 aromatic rings. The molecule has 0 fully saturated rings. The van der Waals surface area contributed by atoms with E-state index in [2.05, 4.69) is 9.97 Å². The first-order valence-electron chi connectivity index (χ1n) is 2.63. The molecule has 1 N–H and O–H groups in total. The van der Waals surface area contributed by atoms with E-state index >= 15 is 0 Å². The standard InChI is InChI=1S/C4H4N2.C2H4O2.ClH/c1-2-6-4-3-5-1;1-2(3)4;/h1-4H;1H3,(H,3,4);1H. The van der Waals surface area contributed by atoms with Crippen LogP contribution >= 0.6 is 12.4 Å². The molecule has 0 aromatic carbocycles. The first-order valence-corrected chi connectivity index (χ1v) is 2.63. The second-order valence-corrected chi connectivity index (χ2v) is 1.41. The number of hydrogen-bond acceptors (Lipinski definition) is 3. The second-order valence-electron chi connectivity index (χ2n) is 1.41. The summed E-state index contributed by atoms with van der Waals surface area (Å²) in [5.74, 6) is -0.833. The molecule has 4 nitrogen and oxygen atoms in total. The summed E-state index contributed by atoms with van der Waals surface area (Å²) in [7, 11) is 0. The van der Waals surface area contributed by atoms with E-state index in [1.807, 2.05) is 0 Å². The number of nitrogens with zero attached hydrogens (tertiary/aromatic N) is 2. The van der Waals surface area contributed by atoms with Crippen molar-refractivity contribution in [3.63, 3.8) is 0 Å². The van der Waals surface area contributed by atoms with Crippen LogP contribution in [-0.2, 0) is 4.79 Å². The van der Waals surface area contributed by atoms with Gasteiger partial charge in [0.05, 0.1) is 0 Å². The number of aliphatic carboxylic acids is 1. The van der Waals surface area contributed by atoms with Crippen LogP contribution in [0.4, 0.5) is 0 Å². The number of rotatable bonds is 0. The minimum Gasteiger partial charge on any atom is -0.481 e. The molecule has 0 aliphatic heterocycles. The van der Waals surface area contributed by atoms with Crippen LogP contribution in [-0.4, -0.2) is 21.0 Å². The van der Waals surface area contributed by atoms with Gasteiger partial charge in [-0.25, -0.2) is 0 Å². The maximum absolute atomic E-state index is 9.00. The molecule has 0 unspecified atom stereocenters. The number of aromatic nitrogens is 2. The van der Waals surface area contributed by atoms with Crippen molar-refractivity contribution in [1.29, 1.82) is 0 Å². The van der Waals surface area contributed by atoms with Gasteiger partial charge in [0.15, 0.2) is 0 Å². The highest BCUT2D eigenvalue weighted by atomic mass is 35.5. The fraction of sp³-hybridized carbons (Fsp3) is 0.167. The molecule has 0 aliphatic carbocycles. The van der Waals surface area contributed by atoms with Gasteiger partial charge in [0.2, 0.25) is 0 Å². The average Bonchev–Trinajstić information content (AvgIpc) is 1.90. The van der Waals surface area contributed by atoms with Gasteiger partial charge in [-0.1, -0.05) is 0 Å². The Bertz CT molecular complexity index is 150. The van der Waals surface area contributed by atoms with Crippen LogP contribution < -0.4 is 0 Å². The number of carbonyl (C=O) groups is 1. The van der Waals surface area contributed by atoms with Crippen LogP contribution in [0.1, 0.15) is 6.92 Å². The van der Waals surface area contributed by atoms with E-state index < -0.39 is 5.97 Å². The summed E-state index contributed by atoms with van der Waals surface area (Å²) in [6.45, 7) is 1.08. The van der Waals surface area contributed by atoms with Gasteiger partial charge in [0.25, 0.3) is 5.97 Å². The van der Waals surface area contributed by atoms with Crippen LogP contribution in [0.5, 0.6) is 0 Å². The first-order chi connectivity index (χ1) is 4.73. The molecule has 0 radical (unpaired) electrons. The second kappa shape index (κ2) is 8.84. The fourth-order valence-corrected chi connectivity index (χ4v) is 0.253. The van der Waals surface area contributed by atoms with Gasteiger partial charge >= 0.3 is 0 Å². The van der Waals surface area contributed by atoms with E-state index in [4.69, 9.17) is 9.90 Å². The third-order valence-electron chi connectivity index (χ3n) is 0.478. The summed E-state index contributed by atoms with van der Waals surface area (Å²) in [6, 6.07) is 0. The van der Waals surface area contributed by atoms with Gasteiger partial charge in [-0.2, -0.15) is 0 Å². The zero-order valence-corrected chi connectivity index (χ0v) is 6.78. The van der Waals surface area contributed by atoms with Gasteiger partial charge in [0.1, 0.15) is 0 Å². The Morgan fingerprint density at radius 1 is 1.18 bits per heavy atom. The van der Waals surface area contributed by atoms with Crippen molar-refractivity contribution in [3.05, 3.63) is 24.8 Å². The van der Waals surface area contributed by atoms with Gasteiger partial charge in [-0.15, -0.1) is 12.4 Å². The molecule has 0 aliphatic rings. The molecule has 1 heterocycles. The third-order valence-corrected chi connectivity index (χ3v) is 0.478. The molecule has 1 aromatic heterocycles. The summed E-state index contributed by atoms with van der Waals surface area (Å²) < 4.78 is 0. The maximum Gasteiger partial charge on any atom is 0.300 e. The molecule has 0 bridgehead atoms. The van der Waals surface area contributed by atoms with E-state index in [-0.39, 0.29) is 12.4 Å². The lowest BCUT2D eigenvalue weighted by Gasteiger charge is -1.70. The van der Waals surface area contributed by atoms with Crippen molar-refractivity contribution in [1.82, 2.24) is 9.97 Å². The number of halogens is 1. The van der Waals surface area contributed by atoms with Crippen LogP contribution in [0.2, 0.25) is 0 Å². The highest BCUT2D eigenvalue weighted by Gasteiger charge is 1.65. The highest BCUT2D eigenvalue weighted by molar-refractivity contribution is 5.85. The quantitative estimate of drug-likeness (QED) is 0.640. The number of hydrogen-bond donors (Lipinski definition) is 1. The molecule has 0 saturated carbocycles. The molecular formula is C6H9ClN2O2. The molecule has 62 valence electrons. The summed E-state index contributed by atoms with van der Waals surface area (Å²) in [4.78, 5) is 16.4. The van der Waals surface area contributed by atoms with Crippen LogP contribution in [0.15, 0.2) is 24.8 Å². The minimum atomic E-state index is -0.833. The highest BCUT2D eigenvalue weighted by Crippen LogP contribution is 1.65. The fourth-order valence-electron chi connectivity index (χ4n) is 0.253. The SMILES string of the molecule is CC(=O)O.Cl.c1cnccn1. The largest absolute Gasteiger partial charge is 0.481 e. The number of carboxylic acid groups (broad SMARTS) is 1. The molecule has 1 rings (SSSR count). The van der Waals surface area contributed by atoms with Crippen molar-refractivity contribution in [2.45, 2.75) is 6.92 Å². The summed E-state index contributed by atoms with van der Waals surface area (Å²) in [6.07, 6.45) is 6.56. The lowest BCUT2D eigenvalue weighted by Crippen LogP contribution is -1.78. The zero-order valence-electron chi connectivity index (χ0n) is 5.97. The van der Waals surface area contributed by atoms with Crippen molar-refractivity contribution in [3.8, 4) is 0 Å². The maximum atomic E-state index is 9.00. The van der Waals surface area contributed by atoms with E-state index in [1.54, 1.807) is 24.8 Å². The van der Waals surface area contributed by atoms with E-state index in [1.165, 1.54) is 0 Å². The first kappa shape index (κ1) is 12.5. The summed E-state index contributed by atoms with van der Waals surface area (Å²) in [5.41, 5.74) is 0. The van der Waals surface area contributed by atoms with E-state index in [0.717, 1.165) is 6.92 Å². The van der Waals surface area contributed by atoms with Gasteiger partial charge in [-0.05, 0) is 0 Å². The van der Waals surface area contributed by atoms with Crippen molar-refractivity contribution < 1.29 is 9.90 Å². The van der Waals surface area contributed by atoms with Crippen molar-refractivity contribution in [2.75, 3.05) is 0 Å². The molecule has 0 amide bonds.